The highest BCUT2D eigenvalue weighted by Gasteiger charge is 2.36. The topological polar surface area (TPSA) is 50.3 Å². The van der Waals surface area contributed by atoms with Crippen molar-refractivity contribution in [2.75, 3.05) is 31.1 Å². The van der Waals surface area contributed by atoms with Crippen molar-refractivity contribution in [3.63, 3.8) is 0 Å². The monoisotopic (exact) mass is 544 g/mol. The Balaban J connectivity index is 1.16. The molecule has 0 unspecified atom stereocenters. The fourth-order valence-corrected chi connectivity index (χ4v) is 6.57. The Labute approximate surface area is 222 Å². The quantitative estimate of drug-likeness (QED) is 0.418. The van der Waals surface area contributed by atoms with Gasteiger partial charge in [0.05, 0.1) is 0 Å². The van der Waals surface area contributed by atoms with Crippen LogP contribution in [-0.2, 0) is 13.0 Å². The number of halogens is 1. The standard InChI is InChI=1S/C30H33BrN4O/c31-27-9-6-23-18-25(36-21-22-4-2-1-3-5-22)7-8-26(23)28(27)24-19-33-29(34-20-24)35-16-12-30(13-17-35)10-14-32-15-11-30/h1-5,7-8,18-20,32H,6,9-17,21H2. The second-order valence-corrected chi connectivity index (χ2v) is 11.3. The minimum Gasteiger partial charge on any atom is -0.489 e. The SMILES string of the molecule is BrC1=C(c2cnc(N3CCC4(CCNCC4)CC3)nc2)c2ccc(OCc3ccccc3)cc2CC1. The Morgan fingerprint density at radius 3 is 2.42 bits per heavy atom. The van der Waals surface area contributed by atoms with Gasteiger partial charge in [-0.2, -0.15) is 0 Å². The summed E-state index contributed by atoms with van der Waals surface area (Å²) >= 11 is 3.85. The zero-order chi connectivity index (χ0) is 24.4. The van der Waals surface area contributed by atoms with Crippen LogP contribution in [0.25, 0.3) is 5.57 Å². The number of ether oxygens (including phenoxy) is 1. The van der Waals surface area contributed by atoms with Crippen LogP contribution in [0.1, 0.15) is 54.4 Å². The number of hydrogen-bond acceptors (Lipinski definition) is 5. The number of piperidine rings is 2. The Morgan fingerprint density at radius 1 is 0.917 bits per heavy atom. The van der Waals surface area contributed by atoms with Crippen LogP contribution in [0.15, 0.2) is 65.4 Å². The van der Waals surface area contributed by atoms with Crippen molar-refractivity contribution in [2.45, 2.75) is 45.1 Å². The normalized spacial score (nSPS) is 19.3. The molecule has 0 atom stereocenters. The zero-order valence-electron chi connectivity index (χ0n) is 20.7. The second-order valence-electron chi connectivity index (χ2n) is 10.4. The average Bonchev–Trinajstić information content (AvgIpc) is 2.93. The summed E-state index contributed by atoms with van der Waals surface area (Å²) in [7, 11) is 0. The highest BCUT2D eigenvalue weighted by Crippen LogP contribution is 2.41. The van der Waals surface area contributed by atoms with Crippen molar-refractivity contribution in [1.82, 2.24) is 15.3 Å². The molecule has 2 fully saturated rings. The Bertz CT molecular complexity index is 1230. The summed E-state index contributed by atoms with van der Waals surface area (Å²) in [6.07, 6.45) is 11.1. The minimum atomic E-state index is 0.535. The van der Waals surface area contributed by atoms with E-state index in [1.54, 1.807) is 0 Å². The molecule has 1 N–H and O–H groups in total. The lowest BCUT2D eigenvalue weighted by molar-refractivity contribution is 0.154. The van der Waals surface area contributed by atoms with E-state index in [-0.39, 0.29) is 0 Å². The van der Waals surface area contributed by atoms with E-state index in [1.165, 1.54) is 52.4 Å². The largest absolute Gasteiger partial charge is 0.489 e. The lowest BCUT2D eigenvalue weighted by Gasteiger charge is -2.44. The van der Waals surface area contributed by atoms with Gasteiger partial charge in [0.1, 0.15) is 12.4 Å². The summed E-state index contributed by atoms with van der Waals surface area (Å²) in [5, 5.41) is 3.51. The third-order valence-corrected chi connectivity index (χ3v) is 8.97. The maximum absolute atomic E-state index is 6.09. The Hall–Kier alpha value is -2.70. The molecule has 1 aromatic heterocycles. The first-order valence-electron chi connectivity index (χ1n) is 13.2. The van der Waals surface area contributed by atoms with Gasteiger partial charge in [-0.15, -0.1) is 0 Å². The molecule has 5 nitrogen and oxygen atoms in total. The first-order chi connectivity index (χ1) is 17.7. The van der Waals surface area contributed by atoms with Crippen LogP contribution in [0.3, 0.4) is 0 Å². The molecular formula is C30H33BrN4O. The second kappa shape index (κ2) is 10.3. The number of hydrogen-bond donors (Lipinski definition) is 1. The van der Waals surface area contributed by atoms with Crippen molar-refractivity contribution in [3.8, 4) is 5.75 Å². The van der Waals surface area contributed by atoms with Gasteiger partial charge < -0.3 is 15.0 Å². The van der Waals surface area contributed by atoms with E-state index < -0.39 is 0 Å². The van der Waals surface area contributed by atoms with Crippen molar-refractivity contribution in [3.05, 3.63) is 87.7 Å². The van der Waals surface area contributed by atoms with Gasteiger partial charge in [0.15, 0.2) is 0 Å². The number of allylic oxidation sites excluding steroid dienone is 1. The number of rotatable bonds is 5. The molecular weight excluding hydrogens is 512 g/mol. The zero-order valence-corrected chi connectivity index (χ0v) is 22.3. The number of fused-ring (bicyclic) bond motifs is 1. The number of benzene rings is 2. The molecule has 2 aromatic carbocycles. The van der Waals surface area contributed by atoms with Crippen LogP contribution in [0.5, 0.6) is 5.75 Å². The predicted molar refractivity (Wildman–Crippen MR) is 149 cm³/mol. The molecule has 3 heterocycles. The molecule has 6 rings (SSSR count). The van der Waals surface area contributed by atoms with Gasteiger partial charge in [-0.25, -0.2) is 9.97 Å². The van der Waals surface area contributed by atoms with Crippen LogP contribution in [0.4, 0.5) is 5.95 Å². The van der Waals surface area contributed by atoms with Gasteiger partial charge in [-0.3, -0.25) is 0 Å². The first-order valence-corrected chi connectivity index (χ1v) is 14.0. The number of nitrogens with one attached hydrogen (secondary N) is 1. The van der Waals surface area contributed by atoms with Crippen LogP contribution in [0.2, 0.25) is 0 Å². The lowest BCUT2D eigenvalue weighted by Crippen LogP contribution is -2.46. The van der Waals surface area contributed by atoms with Crippen molar-refractivity contribution < 1.29 is 4.74 Å². The highest BCUT2D eigenvalue weighted by atomic mass is 79.9. The molecule has 2 aliphatic heterocycles. The van der Waals surface area contributed by atoms with E-state index in [0.29, 0.717) is 12.0 Å². The number of nitrogens with zero attached hydrogens (tertiary/aromatic N) is 3. The molecule has 1 spiro atoms. The van der Waals surface area contributed by atoms with E-state index in [4.69, 9.17) is 14.7 Å². The maximum Gasteiger partial charge on any atom is 0.225 e. The minimum absolute atomic E-state index is 0.535. The molecule has 0 bridgehead atoms. The van der Waals surface area contributed by atoms with E-state index in [1.807, 2.05) is 30.6 Å². The molecule has 3 aromatic rings. The first kappa shape index (κ1) is 23.7. The molecule has 6 heteroatoms. The Kier molecular flexibility index (Phi) is 6.81. The van der Waals surface area contributed by atoms with Crippen LogP contribution in [0, 0.1) is 5.41 Å². The molecule has 0 saturated carbocycles. The summed E-state index contributed by atoms with van der Waals surface area (Å²) < 4.78 is 7.31. The molecule has 3 aliphatic rings. The molecule has 0 radical (unpaired) electrons. The fraction of sp³-hybridized carbons (Fsp3) is 0.400. The maximum atomic E-state index is 6.09. The third-order valence-electron chi connectivity index (χ3n) is 8.18. The van der Waals surface area contributed by atoms with E-state index in [0.717, 1.165) is 56.3 Å². The number of aromatic nitrogens is 2. The van der Waals surface area contributed by atoms with Gasteiger partial charge >= 0.3 is 0 Å². The smallest absolute Gasteiger partial charge is 0.225 e. The van der Waals surface area contributed by atoms with Crippen molar-refractivity contribution >= 4 is 27.5 Å². The molecule has 1 aliphatic carbocycles. The Morgan fingerprint density at radius 2 is 1.67 bits per heavy atom. The van der Waals surface area contributed by atoms with Crippen molar-refractivity contribution in [1.29, 1.82) is 0 Å². The highest BCUT2D eigenvalue weighted by molar-refractivity contribution is 9.11. The molecule has 186 valence electrons. The number of anilines is 1. The predicted octanol–water partition coefficient (Wildman–Crippen LogP) is 6.13. The van der Waals surface area contributed by atoms with Gasteiger partial charge in [0.25, 0.3) is 0 Å². The van der Waals surface area contributed by atoms with Crippen LogP contribution in [-0.4, -0.2) is 36.1 Å². The lowest BCUT2D eigenvalue weighted by atomic mass is 9.72. The van der Waals surface area contributed by atoms with Gasteiger partial charge in [0.2, 0.25) is 5.95 Å². The van der Waals surface area contributed by atoms with Crippen LogP contribution < -0.4 is 15.0 Å². The third kappa shape index (κ3) is 4.94. The van der Waals surface area contributed by atoms with Crippen molar-refractivity contribution in [2.24, 2.45) is 5.41 Å². The summed E-state index contributed by atoms with van der Waals surface area (Å²) in [5.74, 6) is 1.78. The van der Waals surface area contributed by atoms with Crippen LogP contribution >= 0.6 is 15.9 Å². The van der Waals surface area contributed by atoms with Gasteiger partial charge in [0, 0.05) is 41.1 Å². The van der Waals surface area contributed by atoms with Gasteiger partial charge in [-0.05, 0) is 85.9 Å². The summed E-state index contributed by atoms with van der Waals surface area (Å²) in [6.45, 7) is 5.02. The fourth-order valence-electron chi connectivity index (χ4n) is 5.93. The molecule has 2 saturated heterocycles. The summed E-state index contributed by atoms with van der Waals surface area (Å²) in [4.78, 5) is 12.0. The average molecular weight is 546 g/mol. The van der Waals surface area contributed by atoms with E-state index in [2.05, 4.69) is 56.5 Å². The summed E-state index contributed by atoms with van der Waals surface area (Å²) in [5.41, 5.74) is 6.53. The van der Waals surface area contributed by atoms with E-state index in [9.17, 15) is 0 Å². The molecule has 36 heavy (non-hydrogen) atoms. The van der Waals surface area contributed by atoms with Gasteiger partial charge in [-0.1, -0.05) is 52.3 Å². The number of aryl methyl sites for hydroxylation is 1. The van der Waals surface area contributed by atoms with E-state index >= 15 is 0 Å². The summed E-state index contributed by atoms with van der Waals surface area (Å²) in [6, 6.07) is 16.8. The molecule has 0 amide bonds.